The number of hydrogen-bond donors (Lipinski definition) is 0. The van der Waals surface area contributed by atoms with Crippen molar-refractivity contribution in [2.75, 3.05) is 27.9 Å². The van der Waals surface area contributed by atoms with Crippen LogP contribution in [0.2, 0.25) is 0 Å². The molecule has 0 fully saturated rings. The molecule has 0 spiro atoms. The van der Waals surface area contributed by atoms with E-state index in [1.54, 1.807) is 7.11 Å². The number of benzene rings is 1. The Hall–Kier alpha value is -1.39. The Bertz CT molecular complexity index is 367. The fraction of sp³-hybridized carbons (Fsp3) is 0.533. The van der Waals surface area contributed by atoms with Crippen LogP contribution in [0.4, 0.5) is 0 Å². The highest BCUT2D eigenvalue weighted by atomic mass is 16.5. The third-order valence-electron chi connectivity index (χ3n) is 3.11. The Morgan fingerprint density at radius 1 is 1.26 bits per heavy atom. The summed E-state index contributed by atoms with van der Waals surface area (Å²) in [5.74, 6) is -0.186. The van der Waals surface area contributed by atoms with Crippen molar-refractivity contribution in [1.29, 1.82) is 0 Å². The van der Waals surface area contributed by atoms with Crippen molar-refractivity contribution < 1.29 is 14.3 Å². The minimum Gasteiger partial charge on any atom is -0.468 e. The van der Waals surface area contributed by atoms with Crippen LogP contribution in [0.1, 0.15) is 18.4 Å². The summed E-state index contributed by atoms with van der Waals surface area (Å²) in [5.41, 5.74) is 1.19. The van der Waals surface area contributed by atoms with Crippen molar-refractivity contribution >= 4 is 5.97 Å². The molecule has 1 rings (SSSR count). The molecule has 1 aromatic carbocycles. The second kappa shape index (κ2) is 8.67. The van der Waals surface area contributed by atoms with Crippen molar-refractivity contribution in [3.05, 3.63) is 35.9 Å². The molecule has 1 atom stereocenters. The molecule has 1 unspecified atom stereocenters. The number of carbonyl (C=O) groups excluding carboxylic acids is 1. The SMILES string of the molecule is COCCCC(C(=O)OC)N(C)Cc1ccccc1. The van der Waals surface area contributed by atoms with Crippen LogP contribution in [0.15, 0.2) is 30.3 Å². The van der Waals surface area contributed by atoms with E-state index in [1.165, 1.54) is 12.7 Å². The van der Waals surface area contributed by atoms with E-state index in [0.29, 0.717) is 6.61 Å². The van der Waals surface area contributed by atoms with Gasteiger partial charge in [0.05, 0.1) is 7.11 Å². The lowest BCUT2D eigenvalue weighted by Crippen LogP contribution is -2.39. The van der Waals surface area contributed by atoms with Gasteiger partial charge in [0.1, 0.15) is 6.04 Å². The number of ether oxygens (including phenoxy) is 2. The number of rotatable bonds is 8. The summed E-state index contributed by atoms with van der Waals surface area (Å²) in [7, 11) is 5.05. The first kappa shape index (κ1) is 15.7. The Balaban J connectivity index is 2.60. The van der Waals surface area contributed by atoms with Crippen LogP contribution in [0.5, 0.6) is 0 Å². The predicted octanol–water partition coefficient (Wildman–Crippen LogP) is 2.09. The number of likely N-dealkylation sites (N-methyl/N-ethyl adjacent to an activating group) is 1. The quantitative estimate of drug-likeness (QED) is 0.533. The summed E-state index contributed by atoms with van der Waals surface area (Å²) in [4.78, 5) is 13.9. The zero-order valence-electron chi connectivity index (χ0n) is 12.0. The van der Waals surface area contributed by atoms with Crippen molar-refractivity contribution in [2.24, 2.45) is 0 Å². The summed E-state index contributed by atoms with van der Waals surface area (Å²) < 4.78 is 9.91. The number of methoxy groups -OCH3 is 2. The molecule has 0 bridgehead atoms. The number of hydrogen-bond acceptors (Lipinski definition) is 4. The maximum Gasteiger partial charge on any atom is 0.323 e. The molecule has 0 amide bonds. The third-order valence-corrected chi connectivity index (χ3v) is 3.11. The van der Waals surface area contributed by atoms with E-state index in [1.807, 2.05) is 30.1 Å². The maximum absolute atomic E-state index is 11.8. The Labute approximate surface area is 115 Å². The predicted molar refractivity (Wildman–Crippen MR) is 74.8 cm³/mol. The first-order chi connectivity index (χ1) is 9.19. The van der Waals surface area contributed by atoms with Crippen molar-refractivity contribution in [3.8, 4) is 0 Å². The minimum atomic E-state index is -0.222. The fourth-order valence-electron chi connectivity index (χ4n) is 2.06. The zero-order chi connectivity index (χ0) is 14.1. The van der Waals surface area contributed by atoms with Gasteiger partial charge in [0.2, 0.25) is 0 Å². The van der Waals surface area contributed by atoms with Gasteiger partial charge in [-0.1, -0.05) is 30.3 Å². The van der Waals surface area contributed by atoms with E-state index in [4.69, 9.17) is 9.47 Å². The van der Waals surface area contributed by atoms with Gasteiger partial charge in [-0.15, -0.1) is 0 Å². The number of nitrogens with zero attached hydrogens (tertiary/aromatic N) is 1. The molecule has 0 saturated heterocycles. The monoisotopic (exact) mass is 265 g/mol. The largest absolute Gasteiger partial charge is 0.468 e. The molecule has 19 heavy (non-hydrogen) atoms. The van der Waals surface area contributed by atoms with Crippen LogP contribution in [0, 0.1) is 0 Å². The summed E-state index contributed by atoms with van der Waals surface area (Å²) in [5, 5.41) is 0. The minimum absolute atomic E-state index is 0.186. The van der Waals surface area contributed by atoms with Gasteiger partial charge in [-0.25, -0.2) is 0 Å². The molecule has 0 radical (unpaired) electrons. The highest BCUT2D eigenvalue weighted by Gasteiger charge is 2.23. The molecule has 0 aromatic heterocycles. The van der Waals surface area contributed by atoms with Crippen LogP contribution in [0.3, 0.4) is 0 Å². The standard InChI is InChI=1S/C15H23NO3/c1-16(12-13-8-5-4-6-9-13)14(15(17)19-3)10-7-11-18-2/h4-6,8-9,14H,7,10-12H2,1-3H3. The Morgan fingerprint density at radius 2 is 1.95 bits per heavy atom. The highest BCUT2D eigenvalue weighted by molar-refractivity contribution is 5.75. The molecule has 1 aromatic rings. The lowest BCUT2D eigenvalue weighted by Gasteiger charge is -2.25. The van der Waals surface area contributed by atoms with Gasteiger partial charge < -0.3 is 9.47 Å². The molecule has 106 valence electrons. The average molecular weight is 265 g/mol. The smallest absolute Gasteiger partial charge is 0.323 e. The van der Waals surface area contributed by atoms with Gasteiger partial charge in [-0.2, -0.15) is 0 Å². The zero-order valence-corrected chi connectivity index (χ0v) is 12.0. The topological polar surface area (TPSA) is 38.8 Å². The summed E-state index contributed by atoms with van der Waals surface area (Å²) in [6.45, 7) is 1.39. The third kappa shape index (κ3) is 5.41. The van der Waals surface area contributed by atoms with Crippen LogP contribution >= 0.6 is 0 Å². The van der Waals surface area contributed by atoms with Gasteiger partial charge in [-0.3, -0.25) is 9.69 Å². The first-order valence-electron chi connectivity index (χ1n) is 6.50. The van der Waals surface area contributed by atoms with Crippen molar-refractivity contribution in [3.63, 3.8) is 0 Å². The van der Waals surface area contributed by atoms with Gasteiger partial charge in [-0.05, 0) is 25.5 Å². The number of carbonyl (C=O) groups is 1. The van der Waals surface area contributed by atoms with Crippen LogP contribution in [-0.2, 0) is 20.8 Å². The molecule has 0 saturated carbocycles. The molecule has 4 heteroatoms. The Kier molecular flexibility index (Phi) is 7.15. The van der Waals surface area contributed by atoms with Crippen LogP contribution in [-0.4, -0.2) is 44.8 Å². The molecule has 0 aliphatic heterocycles. The average Bonchev–Trinajstić information content (AvgIpc) is 2.44. The summed E-state index contributed by atoms with van der Waals surface area (Å²) in [6, 6.07) is 9.88. The van der Waals surface area contributed by atoms with Gasteiger partial charge in [0.25, 0.3) is 0 Å². The lowest BCUT2D eigenvalue weighted by molar-refractivity contribution is -0.147. The van der Waals surface area contributed by atoms with Crippen LogP contribution in [0.25, 0.3) is 0 Å². The van der Waals surface area contributed by atoms with Gasteiger partial charge >= 0.3 is 5.97 Å². The molecular formula is C15H23NO3. The summed E-state index contributed by atoms with van der Waals surface area (Å²) >= 11 is 0. The molecule has 0 N–H and O–H groups in total. The van der Waals surface area contributed by atoms with Crippen LogP contribution < -0.4 is 0 Å². The highest BCUT2D eigenvalue weighted by Crippen LogP contribution is 2.12. The normalized spacial score (nSPS) is 12.4. The number of esters is 1. The van der Waals surface area contributed by atoms with Crippen molar-refractivity contribution in [1.82, 2.24) is 4.90 Å². The first-order valence-corrected chi connectivity index (χ1v) is 6.50. The molecule has 0 heterocycles. The van der Waals surface area contributed by atoms with Gasteiger partial charge in [0.15, 0.2) is 0 Å². The molecule has 0 aliphatic carbocycles. The summed E-state index contributed by atoms with van der Waals surface area (Å²) in [6.07, 6.45) is 1.58. The Morgan fingerprint density at radius 3 is 2.53 bits per heavy atom. The second-order valence-corrected chi connectivity index (χ2v) is 4.57. The molecule has 0 aliphatic rings. The molecular weight excluding hydrogens is 242 g/mol. The van der Waals surface area contributed by atoms with E-state index in [9.17, 15) is 4.79 Å². The van der Waals surface area contributed by atoms with Crippen molar-refractivity contribution in [2.45, 2.75) is 25.4 Å². The second-order valence-electron chi connectivity index (χ2n) is 4.57. The van der Waals surface area contributed by atoms with E-state index < -0.39 is 0 Å². The van der Waals surface area contributed by atoms with E-state index >= 15 is 0 Å². The fourth-order valence-corrected chi connectivity index (χ4v) is 2.06. The van der Waals surface area contributed by atoms with E-state index in [-0.39, 0.29) is 12.0 Å². The lowest BCUT2D eigenvalue weighted by atomic mass is 10.1. The maximum atomic E-state index is 11.8. The van der Waals surface area contributed by atoms with Gasteiger partial charge in [0, 0.05) is 20.3 Å². The van der Waals surface area contributed by atoms with E-state index in [0.717, 1.165) is 19.4 Å². The molecule has 4 nitrogen and oxygen atoms in total. The van der Waals surface area contributed by atoms with E-state index in [2.05, 4.69) is 12.1 Å².